The number of hydrogen-bond donors (Lipinski definition) is 2. The van der Waals surface area contributed by atoms with E-state index in [2.05, 4.69) is 5.32 Å². The van der Waals surface area contributed by atoms with Crippen LogP contribution in [0.25, 0.3) is 0 Å². The number of thiophene rings is 1. The molecule has 2 aromatic rings. The van der Waals surface area contributed by atoms with E-state index < -0.39 is 5.97 Å². The molecule has 4 nitrogen and oxygen atoms in total. The number of carboxylic acid groups (broad SMARTS) is 1. The fraction of sp³-hybridized carbons (Fsp3) is 0.143. The molecule has 0 saturated heterocycles. The van der Waals surface area contributed by atoms with E-state index in [0.29, 0.717) is 11.6 Å². The monoisotopic (exact) mass is 341 g/mol. The predicted molar refractivity (Wildman–Crippen MR) is 85.3 cm³/mol. The Balaban J connectivity index is 1.76. The molecule has 0 aliphatic heterocycles. The molecule has 0 fully saturated rings. The lowest BCUT2D eigenvalue weighted by Crippen LogP contribution is -2.24. The van der Waals surface area contributed by atoms with Gasteiger partial charge in [0.2, 0.25) is 5.91 Å². The molecule has 2 rings (SSSR count). The highest BCUT2D eigenvalue weighted by atomic mass is 35.5. The third-order valence-electron chi connectivity index (χ3n) is 2.56. The minimum Gasteiger partial charge on any atom is -0.477 e. The van der Waals surface area contributed by atoms with Crippen molar-refractivity contribution in [2.24, 2.45) is 0 Å². The van der Waals surface area contributed by atoms with Gasteiger partial charge < -0.3 is 10.4 Å². The fourth-order valence-electron chi connectivity index (χ4n) is 1.51. The van der Waals surface area contributed by atoms with E-state index in [4.69, 9.17) is 16.7 Å². The summed E-state index contributed by atoms with van der Waals surface area (Å²) in [4.78, 5) is 23.5. The Morgan fingerprint density at radius 2 is 2.00 bits per heavy atom. The molecule has 7 heteroatoms. The Bertz CT molecular complexity index is 640. The van der Waals surface area contributed by atoms with Gasteiger partial charge >= 0.3 is 5.97 Å². The average molecular weight is 342 g/mol. The minimum atomic E-state index is -0.945. The molecule has 0 radical (unpaired) electrons. The van der Waals surface area contributed by atoms with Crippen LogP contribution in [0, 0.1) is 0 Å². The molecule has 0 unspecified atom stereocenters. The maximum Gasteiger partial charge on any atom is 0.345 e. The van der Waals surface area contributed by atoms with Gasteiger partial charge in [-0.05, 0) is 23.8 Å². The molecule has 1 aromatic heterocycles. The van der Waals surface area contributed by atoms with Crippen LogP contribution >= 0.6 is 34.7 Å². The first-order valence-corrected chi connectivity index (χ1v) is 8.24. The highest BCUT2D eigenvalue weighted by Crippen LogP contribution is 2.24. The Morgan fingerprint density at radius 3 is 2.62 bits per heavy atom. The van der Waals surface area contributed by atoms with Crippen molar-refractivity contribution in [2.75, 3.05) is 5.75 Å². The zero-order chi connectivity index (χ0) is 15.2. The van der Waals surface area contributed by atoms with Gasteiger partial charge in [-0.3, -0.25) is 4.79 Å². The summed E-state index contributed by atoms with van der Waals surface area (Å²) >= 11 is 8.26. The van der Waals surface area contributed by atoms with Crippen molar-refractivity contribution in [3.8, 4) is 0 Å². The minimum absolute atomic E-state index is 0.0991. The molecule has 0 bridgehead atoms. The number of halogens is 1. The normalized spacial score (nSPS) is 10.3. The predicted octanol–water partition coefficient (Wildman–Crippen LogP) is 3.51. The van der Waals surface area contributed by atoms with Crippen molar-refractivity contribution in [1.29, 1.82) is 0 Å². The van der Waals surface area contributed by atoms with Crippen molar-refractivity contribution in [3.05, 3.63) is 51.2 Å². The Hall–Kier alpha value is -1.50. The fourth-order valence-corrected chi connectivity index (χ4v) is 3.33. The van der Waals surface area contributed by atoms with Crippen LogP contribution in [-0.2, 0) is 11.3 Å². The maximum absolute atomic E-state index is 11.7. The summed E-state index contributed by atoms with van der Waals surface area (Å²) in [7, 11) is 0. The molecule has 1 aromatic carbocycles. The first-order chi connectivity index (χ1) is 10.0. The smallest absolute Gasteiger partial charge is 0.345 e. The molecule has 2 N–H and O–H groups in total. The molecule has 0 saturated carbocycles. The van der Waals surface area contributed by atoms with E-state index >= 15 is 0 Å². The van der Waals surface area contributed by atoms with Crippen LogP contribution < -0.4 is 5.32 Å². The van der Waals surface area contributed by atoms with Crippen LogP contribution in [0.5, 0.6) is 0 Å². The lowest BCUT2D eigenvalue weighted by molar-refractivity contribution is -0.118. The number of nitrogens with one attached hydrogen (secondary N) is 1. The molecule has 1 amide bonds. The molecule has 0 atom stereocenters. The second-order valence-electron chi connectivity index (χ2n) is 4.14. The van der Waals surface area contributed by atoms with Crippen LogP contribution in [0.3, 0.4) is 0 Å². The first-order valence-electron chi connectivity index (χ1n) is 6.00. The Kier molecular flexibility index (Phi) is 5.67. The maximum atomic E-state index is 11.7. The first kappa shape index (κ1) is 15.9. The zero-order valence-electron chi connectivity index (χ0n) is 10.8. The number of amides is 1. The van der Waals surface area contributed by atoms with Crippen molar-refractivity contribution in [3.63, 3.8) is 0 Å². The van der Waals surface area contributed by atoms with Crippen molar-refractivity contribution in [2.45, 2.75) is 11.4 Å². The average Bonchev–Trinajstić information content (AvgIpc) is 2.93. The molecular formula is C14H12ClNO3S2. The summed E-state index contributed by atoms with van der Waals surface area (Å²) in [6.07, 6.45) is 0. The van der Waals surface area contributed by atoms with Gasteiger partial charge in [0.15, 0.2) is 0 Å². The summed E-state index contributed by atoms with van der Waals surface area (Å²) in [5.74, 6) is -0.791. The van der Waals surface area contributed by atoms with Crippen LogP contribution in [0.15, 0.2) is 40.6 Å². The molecule has 21 heavy (non-hydrogen) atoms. The number of carboxylic acids is 1. The second kappa shape index (κ2) is 7.49. The number of carbonyl (C=O) groups is 2. The number of benzene rings is 1. The van der Waals surface area contributed by atoms with E-state index in [1.807, 2.05) is 12.1 Å². The number of rotatable bonds is 6. The van der Waals surface area contributed by atoms with Gasteiger partial charge in [-0.25, -0.2) is 4.79 Å². The van der Waals surface area contributed by atoms with E-state index in [-0.39, 0.29) is 16.5 Å². The Labute approximate surface area is 135 Å². The lowest BCUT2D eigenvalue weighted by Gasteiger charge is -2.04. The van der Waals surface area contributed by atoms with Crippen LogP contribution in [0.2, 0.25) is 5.02 Å². The van der Waals surface area contributed by atoms with Crippen LogP contribution in [-0.4, -0.2) is 22.7 Å². The van der Waals surface area contributed by atoms with E-state index in [1.54, 1.807) is 23.6 Å². The standard InChI is InChI=1S/C14H12ClNO3S2/c15-10-3-1-9(2-4-10)6-16-13(17)8-20-11-5-12(14(18)19)21-7-11/h1-5,7H,6,8H2,(H,16,17)(H,18,19). The quantitative estimate of drug-likeness (QED) is 0.789. The topological polar surface area (TPSA) is 66.4 Å². The highest BCUT2D eigenvalue weighted by Gasteiger charge is 2.09. The van der Waals surface area contributed by atoms with Crippen LogP contribution in [0.4, 0.5) is 0 Å². The Morgan fingerprint density at radius 1 is 1.29 bits per heavy atom. The number of carbonyl (C=O) groups excluding carboxylic acids is 1. The van der Waals surface area contributed by atoms with E-state index in [0.717, 1.165) is 21.8 Å². The number of aromatic carboxylic acids is 1. The van der Waals surface area contributed by atoms with Crippen molar-refractivity contribution >= 4 is 46.6 Å². The molecule has 110 valence electrons. The summed E-state index contributed by atoms with van der Waals surface area (Å²) in [6, 6.07) is 8.83. The second-order valence-corrected chi connectivity index (χ2v) is 6.54. The largest absolute Gasteiger partial charge is 0.477 e. The van der Waals surface area contributed by atoms with Crippen molar-refractivity contribution in [1.82, 2.24) is 5.32 Å². The van der Waals surface area contributed by atoms with Crippen LogP contribution in [0.1, 0.15) is 15.2 Å². The molecule has 0 aliphatic carbocycles. The van der Waals surface area contributed by atoms with Gasteiger partial charge in [0.1, 0.15) is 4.88 Å². The van der Waals surface area contributed by atoms with Gasteiger partial charge in [0.05, 0.1) is 5.75 Å². The number of hydrogen-bond acceptors (Lipinski definition) is 4. The summed E-state index contributed by atoms with van der Waals surface area (Å²) < 4.78 is 0. The van der Waals surface area contributed by atoms with Gasteiger partial charge in [-0.1, -0.05) is 23.7 Å². The molecule has 0 aliphatic rings. The molecule has 1 heterocycles. The number of thioether (sulfide) groups is 1. The summed E-state index contributed by atoms with van der Waals surface area (Å²) in [5.41, 5.74) is 0.974. The van der Waals surface area contributed by atoms with Gasteiger partial charge in [-0.2, -0.15) is 0 Å². The molecule has 0 spiro atoms. The third-order valence-corrected chi connectivity index (χ3v) is 4.85. The lowest BCUT2D eigenvalue weighted by atomic mass is 10.2. The molecular weight excluding hydrogens is 330 g/mol. The van der Waals surface area contributed by atoms with Gasteiger partial charge in [0, 0.05) is 21.8 Å². The third kappa shape index (κ3) is 5.08. The summed E-state index contributed by atoms with van der Waals surface area (Å²) in [5, 5.41) is 14.0. The van der Waals surface area contributed by atoms with E-state index in [1.165, 1.54) is 11.8 Å². The highest BCUT2D eigenvalue weighted by molar-refractivity contribution is 8.00. The van der Waals surface area contributed by atoms with Gasteiger partial charge in [0.25, 0.3) is 0 Å². The van der Waals surface area contributed by atoms with E-state index in [9.17, 15) is 9.59 Å². The van der Waals surface area contributed by atoms with Gasteiger partial charge in [-0.15, -0.1) is 23.1 Å². The summed E-state index contributed by atoms with van der Waals surface area (Å²) in [6.45, 7) is 0.445. The van der Waals surface area contributed by atoms with Crippen molar-refractivity contribution < 1.29 is 14.7 Å². The SMILES string of the molecule is O=C(CSc1csc(C(=O)O)c1)NCc1ccc(Cl)cc1. The zero-order valence-corrected chi connectivity index (χ0v) is 13.2.